The van der Waals surface area contributed by atoms with E-state index in [-0.39, 0.29) is 18.0 Å². The van der Waals surface area contributed by atoms with Crippen molar-refractivity contribution in [3.8, 4) is 0 Å². The molecule has 1 atom stereocenters. The fraction of sp³-hybridized carbons (Fsp3) is 0.333. The van der Waals surface area contributed by atoms with E-state index in [9.17, 15) is 18.4 Å². The molecule has 0 aliphatic carbocycles. The van der Waals surface area contributed by atoms with Crippen LogP contribution in [0.25, 0.3) is 0 Å². The van der Waals surface area contributed by atoms with Crippen LogP contribution in [0.4, 0.5) is 13.6 Å². The molecular formula is C12H12F2N2O3S. The number of hydrogen-bond donors (Lipinski definition) is 2. The molecule has 2 amide bonds. The van der Waals surface area contributed by atoms with Gasteiger partial charge in [-0.1, -0.05) is 6.07 Å². The number of carboxylic acids is 1. The molecule has 1 aromatic rings. The Kier molecular flexibility index (Phi) is 4.43. The van der Waals surface area contributed by atoms with Crippen molar-refractivity contribution in [2.75, 3.05) is 11.6 Å². The van der Waals surface area contributed by atoms with E-state index in [2.05, 4.69) is 5.32 Å². The molecule has 2 N–H and O–H groups in total. The molecule has 1 aromatic carbocycles. The zero-order valence-corrected chi connectivity index (χ0v) is 11.1. The van der Waals surface area contributed by atoms with Crippen molar-refractivity contribution >= 4 is 23.8 Å². The molecule has 1 aliphatic rings. The Morgan fingerprint density at radius 2 is 2.20 bits per heavy atom. The predicted octanol–water partition coefficient (Wildman–Crippen LogP) is 1.63. The molecule has 1 saturated heterocycles. The Hall–Kier alpha value is -1.83. The quantitative estimate of drug-likeness (QED) is 0.890. The minimum Gasteiger partial charge on any atom is -0.480 e. The number of rotatable bonds is 3. The second kappa shape index (κ2) is 6.08. The van der Waals surface area contributed by atoms with Gasteiger partial charge in [-0.05, 0) is 6.07 Å². The van der Waals surface area contributed by atoms with Crippen LogP contribution in [0, 0.1) is 11.6 Å². The molecule has 1 heterocycles. The Labute approximate surface area is 117 Å². The highest BCUT2D eigenvalue weighted by Crippen LogP contribution is 2.21. The lowest BCUT2D eigenvalue weighted by molar-refractivity contribution is -0.140. The summed E-state index contributed by atoms with van der Waals surface area (Å²) in [5, 5.41) is 11.4. The fourth-order valence-corrected chi connectivity index (χ4v) is 2.93. The Morgan fingerprint density at radius 1 is 1.45 bits per heavy atom. The molecule has 5 nitrogen and oxygen atoms in total. The number of halogens is 2. The molecule has 0 spiro atoms. The van der Waals surface area contributed by atoms with E-state index < -0.39 is 29.7 Å². The Morgan fingerprint density at radius 3 is 2.85 bits per heavy atom. The number of amides is 2. The average Bonchev–Trinajstić information content (AvgIpc) is 2.86. The van der Waals surface area contributed by atoms with Gasteiger partial charge in [0.2, 0.25) is 0 Å². The van der Waals surface area contributed by atoms with Crippen LogP contribution in [0.3, 0.4) is 0 Å². The zero-order chi connectivity index (χ0) is 14.7. The van der Waals surface area contributed by atoms with Gasteiger partial charge < -0.3 is 15.3 Å². The van der Waals surface area contributed by atoms with Crippen LogP contribution in [-0.2, 0) is 11.3 Å². The van der Waals surface area contributed by atoms with Gasteiger partial charge in [0.1, 0.15) is 17.7 Å². The SMILES string of the molecule is O=C(O)C1CSCN1C(=O)NCc1ccc(F)cc1F. The average molecular weight is 302 g/mol. The van der Waals surface area contributed by atoms with E-state index in [1.165, 1.54) is 22.7 Å². The highest BCUT2D eigenvalue weighted by atomic mass is 32.2. The topological polar surface area (TPSA) is 69.6 Å². The van der Waals surface area contributed by atoms with Crippen molar-refractivity contribution in [3.63, 3.8) is 0 Å². The number of benzene rings is 1. The lowest BCUT2D eigenvalue weighted by Crippen LogP contribution is -2.46. The summed E-state index contributed by atoms with van der Waals surface area (Å²) in [6, 6.07) is 1.60. The van der Waals surface area contributed by atoms with Crippen LogP contribution in [0.15, 0.2) is 18.2 Å². The van der Waals surface area contributed by atoms with E-state index in [4.69, 9.17) is 5.11 Å². The van der Waals surface area contributed by atoms with Gasteiger partial charge in [0.05, 0.1) is 5.88 Å². The number of hydrogen-bond acceptors (Lipinski definition) is 3. The molecule has 1 unspecified atom stereocenters. The van der Waals surface area contributed by atoms with Gasteiger partial charge in [-0.3, -0.25) is 0 Å². The molecule has 0 saturated carbocycles. The molecular weight excluding hydrogens is 290 g/mol. The lowest BCUT2D eigenvalue weighted by Gasteiger charge is -2.20. The number of carboxylic acid groups (broad SMARTS) is 1. The molecule has 0 bridgehead atoms. The highest BCUT2D eigenvalue weighted by molar-refractivity contribution is 7.99. The van der Waals surface area contributed by atoms with E-state index in [0.717, 1.165) is 12.1 Å². The van der Waals surface area contributed by atoms with Crippen LogP contribution in [0.5, 0.6) is 0 Å². The molecule has 108 valence electrons. The summed E-state index contributed by atoms with van der Waals surface area (Å²) in [5.41, 5.74) is 0.137. The largest absolute Gasteiger partial charge is 0.480 e. The minimum absolute atomic E-state index is 0.127. The molecule has 20 heavy (non-hydrogen) atoms. The van der Waals surface area contributed by atoms with Crippen molar-refractivity contribution in [2.24, 2.45) is 0 Å². The maximum absolute atomic E-state index is 13.4. The van der Waals surface area contributed by atoms with Gasteiger partial charge in [0.25, 0.3) is 0 Å². The second-order valence-electron chi connectivity index (χ2n) is 4.22. The van der Waals surface area contributed by atoms with E-state index in [1.807, 2.05) is 0 Å². The summed E-state index contributed by atoms with van der Waals surface area (Å²) >= 11 is 1.33. The van der Waals surface area contributed by atoms with E-state index in [0.29, 0.717) is 5.75 Å². The monoisotopic (exact) mass is 302 g/mol. The smallest absolute Gasteiger partial charge is 0.327 e. The molecule has 1 fully saturated rings. The summed E-state index contributed by atoms with van der Waals surface area (Å²) in [7, 11) is 0. The van der Waals surface area contributed by atoms with Crippen molar-refractivity contribution in [1.29, 1.82) is 0 Å². The molecule has 8 heteroatoms. The summed E-state index contributed by atoms with van der Waals surface area (Å²) in [5.74, 6) is -1.92. The molecule has 0 radical (unpaired) electrons. The number of carbonyl (C=O) groups is 2. The first-order valence-corrected chi connectivity index (χ1v) is 6.93. The Balaban J connectivity index is 1.96. The van der Waals surface area contributed by atoms with Crippen LogP contribution in [0.2, 0.25) is 0 Å². The third kappa shape index (κ3) is 3.19. The molecule has 0 aromatic heterocycles. The first kappa shape index (κ1) is 14.6. The number of nitrogens with one attached hydrogen (secondary N) is 1. The van der Waals surface area contributed by atoms with Gasteiger partial charge >= 0.3 is 12.0 Å². The fourth-order valence-electron chi connectivity index (χ4n) is 1.78. The summed E-state index contributed by atoms with van der Waals surface area (Å²) < 4.78 is 26.1. The zero-order valence-electron chi connectivity index (χ0n) is 10.3. The van der Waals surface area contributed by atoms with Crippen molar-refractivity contribution in [1.82, 2.24) is 10.2 Å². The van der Waals surface area contributed by atoms with Gasteiger partial charge in [-0.2, -0.15) is 0 Å². The summed E-state index contributed by atoms with van der Waals surface area (Å²) in [6.07, 6.45) is 0. The highest BCUT2D eigenvalue weighted by Gasteiger charge is 2.34. The maximum Gasteiger partial charge on any atom is 0.327 e. The van der Waals surface area contributed by atoms with Crippen LogP contribution in [0.1, 0.15) is 5.56 Å². The van der Waals surface area contributed by atoms with Crippen LogP contribution in [-0.4, -0.2) is 39.7 Å². The normalized spacial score (nSPS) is 18.1. The lowest BCUT2D eigenvalue weighted by atomic mass is 10.2. The summed E-state index contributed by atoms with van der Waals surface area (Å²) in [6.45, 7) is -0.127. The van der Waals surface area contributed by atoms with Crippen molar-refractivity contribution in [2.45, 2.75) is 12.6 Å². The van der Waals surface area contributed by atoms with Gasteiger partial charge in [0.15, 0.2) is 0 Å². The standard InChI is InChI=1S/C12H12F2N2O3S/c13-8-2-1-7(9(14)3-8)4-15-12(19)16-6-20-5-10(16)11(17)18/h1-3,10H,4-6H2,(H,15,19)(H,17,18). The Bertz CT molecular complexity index is 541. The van der Waals surface area contributed by atoms with E-state index >= 15 is 0 Å². The van der Waals surface area contributed by atoms with Crippen molar-refractivity contribution in [3.05, 3.63) is 35.4 Å². The summed E-state index contributed by atoms with van der Waals surface area (Å²) in [4.78, 5) is 24.0. The number of aliphatic carboxylic acids is 1. The minimum atomic E-state index is -1.07. The predicted molar refractivity (Wildman–Crippen MR) is 69.2 cm³/mol. The number of thioether (sulfide) groups is 1. The van der Waals surface area contributed by atoms with Crippen molar-refractivity contribution < 1.29 is 23.5 Å². The molecule has 1 aliphatic heterocycles. The van der Waals surface area contributed by atoms with Gasteiger partial charge in [-0.25, -0.2) is 18.4 Å². The number of nitrogens with zero attached hydrogens (tertiary/aromatic N) is 1. The van der Waals surface area contributed by atoms with Gasteiger partial charge in [-0.15, -0.1) is 11.8 Å². The first-order valence-electron chi connectivity index (χ1n) is 5.78. The number of urea groups is 1. The first-order chi connectivity index (χ1) is 9.49. The molecule has 2 rings (SSSR count). The number of carbonyl (C=O) groups excluding carboxylic acids is 1. The van der Waals surface area contributed by atoms with Crippen LogP contribution < -0.4 is 5.32 Å². The van der Waals surface area contributed by atoms with Crippen LogP contribution >= 0.6 is 11.8 Å². The third-order valence-corrected chi connectivity index (χ3v) is 3.89. The van der Waals surface area contributed by atoms with Gasteiger partial charge in [0, 0.05) is 23.9 Å². The maximum atomic E-state index is 13.4. The van der Waals surface area contributed by atoms with E-state index in [1.54, 1.807) is 0 Å². The third-order valence-electron chi connectivity index (χ3n) is 2.87. The second-order valence-corrected chi connectivity index (χ2v) is 5.22.